The van der Waals surface area contributed by atoms with Crippen LogP contribution in [0.5, 0.6) is 0 Å². The monoisotopic (exact) mass is 477 g/mol. The second kappa shape index (κ2) is 9.95. The minimum absolute atomic E-state index is 0.0450. The van der Waals surface area contributed by atoms with Crippen LogP contribution in [0.3, 0.4) is 0 Å². The van der Waals surface area contributed by atoms with E-state index in [4.69, 9.17) is 4.52 Å². The van der Waals surface area contributed by atoms with Crippen LogP contribution in [0.15, 0.2) is 47.0 Å². The number of nitro groups is 1. The Morgan fingerprint density at radius 2 is 1.97 bits per heavy atom. The highest BCUT2D eigenvalue weighted by atomic mass is 16.6. The average molecular weight is 478 g/mol. The van der Waals surface area contributed by atoms with Gasteiger partial charge in [-0.2, -0.15) is 4.98 Å². The number of nitrogens with zero attached hydrogens (tertiary/aromatic N) is 4. The summed E-state index contributed by atoms with van der Waals surface area (Å²) in [4.78, 5) is 30.2. The molecule has 2 heterocycles. The van der Waals surface area contributed by atoms with Crippen LogP contribution in [0, 0.1) is 23.0 Å². The molecule has 184 valence electrons. The second-order valence-corrected chi connectivity index (χ2v) is 10.2. The molecule has 35 heavy (non-hydrogen) atoms. The third-order valence-corrected chi connectivity index (χ3v) is 6.40. The molecule has 0 bridgehead atoms. The van der Waals surface area contributed by atoms with E-state index in [1.165, 1.54) is 17.7 Å². The van der Waals surface area contributed by atoms with E-state index in [9.17, 15) is 14.9 Å². The van der Waals surface area contributed by atoms with Crippen molar-refractivity contribution in [2.24, 2.45) is 5.92 Å². The lowest BCUT2D eigenvalue weighted by Crippen LogP contribution is -2.40. The number of hydrogen-bond acceptors (Lipinski definition) is 7. The van der Waals surface area contributed by atoms with E-state index in [1.807, 2.05) is 19.1 Å². The van der Waals surface area contributed by atoms with E-state index < -0.39 is 4.92 Å². The van der Waals surface area contributed by atoms with Gasteiger partial charge in [0.1, 0.15) is 0 Å². The molecule has 3 aromatic rings. The highest BCUT2D eigenvalue weighted by Crippen LogP contribution is 2.27. The number of aromatic nitrogens is 2. The second-order valence-electron chi connectivity index (χ2n) is 10.2. The number of anilines is 1. The topological polar surface area (TPSA) is 114 Å². The number of carbonyl (C=O) groups excluding carboxylic acids is 1. The van der Waals surface area contributed by atoms with Gasteiger partial charge in [0.25, 0.3) is 5.69 Å². The zero-order valence-electron chi connectivity index (χ0n) is 20.6. The Labute approximate surface area is 204 Å². The summed E-state index contributed by atoms with van der Waals surface area (Å²) in [5, 5.41) is 18.1. The molecule has 0 radical (unpaired) electrons. The van der Waals surface area contributed by atoms with Crippen molar-refractivity contribution >= 4 is 17.3 Å². The van der Waals surface area contributed by atoms with Crippen molar-refractivity contribution in [3.63, 3.8) is 0 Å². The van der Waals surface area contributed by atoms with Crippen molar-refractivity contribution < 1.29 is 14.2 Å². The summed E-state index contributed by atoms with van der Waals surface area (Å²) >= 11 is 0. The van der Waals surface area contributed by atoms with Crippen LogP contribution in [0.25, 0.3) is 11.4 Å². The number of non-ortho nitro benzene ring substituents is 1. The molecule has 1 N–H and O–H groups in total. The molecular formula is C26H31N5O4. The molecule has 1 amide bonds. The highest BCUT2D eigenvalue weighted by Gasteiger charge is 2.27. The molecule has 1 aliphatic heterocycles. The van der Waals surface area contributed by atoms with Crippen LogP contribution in [0.2, 0.25) is 0 Å². The molecule has 1 unspecified atom stereocenters. The van der Waals surface area contributed by atoms with Crippen molar-refractivity contribution in [1.82, 2.24) is 15.0 Å². The largest absolute Gasteiger partial charge is 0.338 e. The summed E-state index contributed by atoms with van der Waals surface area (Å²) in [6.45, 7) is 10.2. The van der Waals surface area contributed by atoms with E-state index in [-0.39, 0.29) is 22.9 Å². The van der Waals surface area contributed by atoms with Gasteiger partial charge in [0.15, 0.2) is 0 Å². The van der Waals surface area contributed by atoms with E-state index in [0.717, 1.165) is 30.5 Å². The molecule has 0 aliphatic carbocycles. The Hall–Kier alpha value is -3.59. The molecule has 0 saturated carbocycles. The molecule has 1 saturated heterocycles. The lowest BCUT2D eigenvalue weighted by Gasteiger charge is -2.31. The fraction of sp³-hybridized carbons (Fsp3) is 0.423. The number of nitrogens with one attached hydrogen (secondary N) is 1. The van der Waals surface area contributed by atoms with Crippen LogP contribution in [-0.4, -0.2) is 39.0 Å². The Bertz CT molecular complexity index is 1210. The molecule has 2 aromatic carbocycles. The molecular weight excluding hydrogens is 446 g/mol. The summed E-state index contributed by atoms with van der Waals surface area (Å²) in [5.74, 6) is 0.696. The maximum atomic E-state index is 12.9. The Kier molecular flexibility index (Phi) is 6.98. The van der Waals surface area contributed by atoms with Crippen LogP contribution < -0.4 is 5.32 Å². The van der Waals surface area contributed by atoms with Gasteiger partial charge in [-0.1, -0.05) is 56.3 Å². The molecule has 1 atom stereocenters. The highest BCUT2D eigenvalue weighted by molar-refractivity contribution is 5.93. The number of hydrogen-bond donors (Lipinski definition) is 1. The minimum atomic E-state index is -0.463. The molecule has 1 fully saturated rings. The number of likely N-dealkylation sites (tertiary alicyclic amines) is 1. The fourth-order valence-electron chi connectivity index (χ4n) is 4.25. The van der Waals surface area contributed by atoms with Gasteiger partial charge in [-0.15, -0.1) is 0 Å². The van der Waals surface area contributed by atoms with Gasteiger partial charge in [0.05, 0.1) is 23.1 Å². The first-order valence-electron chi connectivity index (χ1n) is 11.8. The molecule has 9 nitrogen and oxygen atoms in total. The van der Waals surface area contributed by atoms with E-state index >= 15 is 0 Å². The normalized spacial score (nSPS) is 16.7. The van der Waals surface area contributed by atoms with Crippen molar-refractivity contribution in [3.05, 3.63) is 69.6 Å². The zero-order chi connectivity index (χ0) is 25.2. The Morgan fingerprint density at radius 1 is 1.23 bits per heavy atom. The molecule has 1 aromatic heterocycles. The Balaban J connectivity index is 1.38. The number of rotatable bonds is 6. The van der Waals surface area contributed by atoms with Crippen molar-refractivity contribution in [2.45, 2.75) is 52.5 Å². The van der Waals surface area contributed by atoms with E-state index in [0.29, 0.717) is 30.5 Å². The van der Waals surface area contributed by atoms with Crippen LogP contribution in [-0.2, 0) is 16.8 Å². The summed E-state index contributed by atoms with van der Waals surface area (Å²) < 4.78 is 5.49. The van der Waals surface area contributed by atoms with Crippen LogP contribution >= 0.6 is 0 Å². The molecule has 4 rings (SSSR count). The first-order valence-corrected chi connectivity index (χ1v) is 11.8. The number of carbonyl (C=O) groups is 1. The zero-order valence-corrected chi connectivity index (χ0v) is 20.6. The van der Waals surface area contributed by atoms with Crippen LogP contribution in [0.4, 0.5) is 11.4 Å². The van der Waals surface area contributed by atoms with Gasteiger partial charge < -0.3 is 9.84 Å². The van der Waals surface area contributed by atoms with Gasteiger partial charge in [0.2, 0.25) is 17.6 Å². The van der Waals surface area contributed by atoms with Gasteiger partial charge in [-0.3, -0.25) is 19.8 Å². The predicted octanol–water partition coefficient (Wildman–Crippen LogP) is 5.10. The maximum absolute atomic E-state index is 12.9. The standard InChI is InChI=1S/C26H31N5O4/c1-17-7-12-21(31(33)34)14-22(17)27-25(32)19-6-5-13-30(15-19)16-23-28-24(29-35-23)18-8-10-20(11-9-18)26(2,3)4/h7-12,14,19H,5-6,13,15-16H2,1-4H3,(H,27,32). The quantitative estimate of drug-likeness (QED) is 0.388. The smallest absolute Gasteiger partial charge is 0.271 e. The fourth-order valence-corrected chi connectivity index (χ4v) is 4.25. The van der Waals surface area contributed by atoms with Crippen molar-refractivity contribution in [1.29, 1.82) is 0 Å². The van der Waals surface area contributed by atoms with Gasteiger partial charge in [-0.25, -0.2) is 0 Å². The predicted molar refractivity (Wildman–Crippen MR) is 133 cm³/mol. The minimum Gasteiger partial charge on any atom is -0.338 e. The summed E-state index contributed by atoms with van der Waals surface area (Å²) in [5.41, 5.74) is 3.42. The van der Waals surface area contributed by atoms with E-state index in [1.54, 1.807) is 6.07 Å². The number of piperidine rings is 1. The first-order chi connectivity index (χ1) is 16.6. The molecule has 1 aliphatic rings. The van der Waals surface area contributed by atoms with Gasteiger partial charge >= 0.3 is 0 Å². The average Bonchev–Trinajstić information content (AvgIpc) is 3.28. The summed E-state index contributed by atoms with van der Waals surface area (Å²) in [6, 6.07) is 12.7. The van der Waals surface area contributed by atoms with Gasteiger partial charge in [-0.05, 0) is 42.9 Å². The number of nitro benzene ring substituents is 1. The maximum Gasteiger partial charge on any atom is 0.271 e. The third kappa shape index (κ3) is 5.92. The first kappa shape index (κ1) is 24.5. The number of aryl methyl sites for hydroxylation is 1. The van der Waals surface area contributed by atoms with Crippen molar-refractivity contribution in [2.75, 3.05) is 18.4 Å². The lowest BCUT2D eigenvalue weighted by molar-refractivity contribution is -0.384. The summed E-state index contributed by atoms with van der Waals surface area (Å²) in [7, 11) is 0. The third-order valence-electron chi connectivity index (χ3n) is 6.40. The van der Waals surface area contributed by atoms with Gasteiger partial charge in [0, 0.05) is 24.2 Å². The lowest BCUT2D eigenvalue weighted by atomic mass is 9.87. The number of benzene rings is 2. The summed E-state index contributed by atoms with van der Waals surface area (Å²) in [6.07, 6.45) is 1.62. The van der Waals surface area contributed by atoms with Crippen molar-refractivity contribution in [3.8, 4) is 11.4 Å². The SMILES string of the molecule is Cc1ccc([N+](=O)[O-])cc1NC(=O)C1CCCN(Cc2nc(-c3ccc(C(C)(C)C)cc3)no2)C1. The van der Waals surface area contributed by atoms with Crippen LogP contribution in [0.1, 0.15) is 50.6 Å². The molecule has 9 heteroatoms. The number of amides is 1. The van der Waals surface area contributed by atoms with E-state index in [2.05, 4.69) is 53.3 Å². The Morgan fingerprint density at radius 3 is 2.66 bits per heavy atom. The molecule has 0 spiro atoms.